The van der Waals surface area contributed by atoms with E-state index < -0.39 is 0 Å². The SMILES string of the molecule is CCCN1CC=C(c2nn3cnnc3s2)CC1. The van der Waals surface area contributed by atoms with Gasteiger partial charge in [-0.05, 0) is 25.0 Å². The molecule has 0 amide bonds. The van der Waals surface area contributed by atoms with Crippen LogP contribution in [0.15, 0.2) is 12.4 Å². The summed E-state index contributed by atoms with van der Waals surface area (Å²) in [5, 5.41) is 13.4. The fourth-order valence-electron chi connectivity index (χ4n) is 2.11. The summed E-state index contributed by atoms with van der Waals surface area (Å²) >= 11 is 1.62. The molecule has 3 rings (SSSR count). The van der Waals surface area contributed by atoms with Gasteiger partial charge in [-0.1, -0.05) is 24.3 Å². The van der Waals surface area contributed by atoms with Crippen molar-refractivity contribution >= 4 is 21.9 Å². The fourth-order valence-corrected chi connectivity index (χ4v) is 3.00. The van der Waals surface area contributed by atoms with Crippen LogP contribution in [0.5, 0.6) is 0 Å². The molecule has 2 aromatic heterocycles. The van der Waals surface area contributed by atoms with Crippen molar-refractivity contribution in [2.75, 3.05) is 19.6 Å². The highest BCUT2D eigenvalue weighted by atomic mass is 32.1. The molecule has 0 saturated carbocycles. The molecule has 6 heteroatoms. The summed E-state index contributed by atoms with van der Waals surface area (Å²) in [5.74, 6) is 0. The Morgan fingerprint density at radius 3 is 3.12 bits per heavy atom. The Morgan fingerprint density at radius 1 is 1.47 bits per heavy atom. The standard InChI is InChI=1S/C11H15N5S/c1-2-5-15-6-3-9(4-7-15)10-14-16-8-12-13-11(16)17-10/h3,8H,2,4-7H2,1H3. The average molecular weight is 249 g/mol. The molecule has 0 bridgehead atoms. The normalized spacial score (nSPS) is 17.6. The monoisotopic (exact) mass is 249 g/mol. The van der Waals surface area contributed by atoms with Crippen LogP contribution in [0.3, 0.4) is 0 Å². The summed E-state index contributed by atoms with van der Waals surface area (Å²) in [6, 6.07) is 0. The van der Waals surface area contributed by atoms with Crippen molar-refractivity contribution < 1.29 is 0 Å². The van der Waals surface area contributed by atoms with Crippen LogP contribution in [0.1, 0.15) is 24.8 Å². The Labute approximate surface area is 104 Å². The summed E-state index contributed by atoms with van der Waals surface area (Å²) in [7, 11) is 0. The van der Waals surface area contributed by atoms with E-state index in [2.05, 4.69) is 33.2 Å². The first-order chi connectivity index (χ1) is 8.36. The molecule has 90 valence electrons. The fraction of sp³-hybridized carbons (Fsp3) is 0.545. The number of rotatable bonds is 3. The Morgan fingerprint density at radius 2 is 2.41 bits per heavy atom. The lowest BCUT2D eigenvalue weighted by Gasteiger charge is -2.24. The summed E-state index contributed by atoms with van der Waals surface area (Å²) in [5.41, 5.74) is 1.35. The predicted molar refractivity (Wildman–Crippen MR) is 68.0 cm³/mol. The van der Waals surface area contributed by atoms with E-state index in [0.717, 1.165) is 29.5 Å². The Bertz CT molecular complexity index is 512. The average Bonchev–Trinajstić information content (AvgIpc) is 2.90. The van der Waals surface area contributed by atoms with E-state index in [0.29, 0.717) is 0 Å². The molecule has 1 aliphatic rings. The van der Waals surface area contributed by atoms with E-state index in [1.54, 1.807) is 22.2 Å². The number of hydrogen-bond donors (Lipinski definition) is 0. The van der Waals surface area contributed by atoms with E-state index in [1.165, 1.54) is 18.5 Å². The highest BCUT2D eigenvalue weighted by Crippen LogP contribution is 2.25. The Hall–Kier alpha value is -1.27. The zero-order valence-corrected chi connectivity index (χ0v) is 10.7. The van der Waals surface area contributed by atoms with E-state index in [9.17, 15) is 0 Å². The maximum Gasteiger partial charge on any atom is 0.234 e. The lowest BCUT2D eigenvalue weighted by molar-refractivity contribution is 0.302. The molecule has 0 N–H and O–H groups in total. The molecule has 0 atom stereocenters. The van der Waals surface area contributed by atoms with Crippen molar-refractivity contribution in [2.45, 2.75) is 19.8 Å². The zero-order valence-electron chi connectivity index (χ0n) is 9.83. The van der Waals surface area contributed by atoms with Gasteiger partial charge in [0.25, 0.3) is 0 Å². The van der Waals surface area contributed by atoms with Crippen LogP contribution in [0.4, 0.5) is 0 Å². The molecule has 3 heterocycles. The van der Waals surface area contributed by atoms with Gasteiger partial charge in [-0.15, -0.1) is 10.2 Å². The van der Waals surface area contributed by atoms with Gasteiger partial charge in [0.2, 0.25) is 4.96 Å². The van der Waals surface area contributed by atoms with Crippen LogP contribution in [0.2, 0.25) is 0 Å². The van der Waals surface area contributed by atoms with E-state index in [-0.39, 0.29) is 0 Å². The van der Waals surface area contributed by atoms with Crippen LogP contribution in [0, 0.1) is 0 Å². The van der Waals surface area contributed by atoms with Gasteiger partial charge < -0.3 is 0 Å². The predicted octanol–water partition coefficient (Wildman–Crippen LogP) is 1.68. The molecule has 1 aliphatic heterocycles. The van der Waals surface area contributed by atoms with Crippen molar-refractivity contribution in [3.63, 3.8) is 0 Å². The van der Waals surface area contributed by atoms with Gasteiger partial charge in [0.15, 0.2) is 0 Å². The number of fused-ring (bicyclic) bond motifs is 1. The highest BCUT2D eigenvalue weighted by molar-refractivity contribution is 7.17. The van der Waals surface area contributed by atoms with Gasteiger partial charge in [0.1, 0.15) is 11.3 Å². The van der Waals surface area contributed by atoms with E-state index in [4.69, 9.17) is 0 Å². The van der Waals surface area contributed by atoms with Crippen molar-refractivity contribution in [2.24, 2.45) is 0 Å². The number of hydrogen-bond acceptors (Lipinski definition) is 5. The topological polar surface area (TPSA) is 46.3 Å². The maximum atomic E-state index is 4.49. The first kappa shape index (κ1) is 10.9. The third-order valence-corrected chi connectivity index (χ3v) is 3.98. The second-order valence-corrected chi connectivity index (χ2v) is 5.20. The van der Waals surface area contributed by atoms with Crippen LogP contribution in [-0.4, -0.2) is 44.3 Å². The van der Waals surface area contributed by atoms with Crippen molar-refractivity contribution in [1.29, 1.82) is 0 Å². The van der Waals surface area contributed by atoms with Gasteiger partial charge in [0.05, 0.1) is 0 Å². The molecule has 0 spiro atoms. The quantitative estimate of drug-likeness (QED) is 0.830. The lowest BCUT2D eigenvalue weighted by atomic mass is 10.1. The zero-order chi connectivity index (χ0) is 11.7. The summed E-state index contributed by atoms with van der Waals surface area (Å²) in [4.78, 5) is 3.35. The molecular formula is C11H15N5S. The second kappa shape index (κ2) is 4.54. The lowest BCUT2D eigenvalue weighted by Crippen LogP contribution is -2.29. The van der Waals surface area contributed by atoms with Gasteiger partial charge >= 0.3 is 0 Å². The summed E-state index contributed by atoms with van der Waals surface area (Å²) in [6.07, 6.45) is 6.26. The smallest absolute Gasteiger partial charge is 0.234 e. The maximum absolute atomic E-state index is 4.49. The molecule has 17 heavy (non-hydrogen) atoms. The molecule has 5 nitrogen and oxygen atoms in total. The third kappa shape index (κ3) is 2.10. The minimum absolute atomic E-state index is 0.872. The summed E-state index contributed by atoms with van der Waals surface area (Å²) < 4.78 is 1.75. The number of aromatic nitrogens is 4. The minimum atomic E-state index is 0.872. The molecule has 0 fully saturated rings. The molecule has 0 aromatic carbocycles. The molecule has 0 unspecified atom stereocenters. The third-order valence-electron chi connectivity index (χ3n) is 2.99. The van der Waals surface area contributed by atoms with Gasteiger partial charge in [-0.3, -0.25) is 4.90 Å². The summed E-state index contributed by atoms with van der Waals surface area (Å²) in [6.45, 7) is 5.60. The Balaban J connectivity index is 1.79. The molecule has 0 radical (unpaired) electrons. The molecule has 0 aliphatic carbocycles. The van der Waals surface area contributed by atoms with Crippen LogP contribution < -0.4 is 0 Å². The molecular weight excluding hydrogens is 234 g/mol. The second-order valence-electron chi connectivity index (χ2n) is 4.25. The van der Waals surface area contributed by atoms with E-state index >= 15 is 0 Å². The van der Waals surface area contributed by atoms with Crippen molar-refractivity contribution in [1.82, 2.24) is 24.7 Å². The minimum Gasteiger partial charge on any atom is -0.299 e. The van der Waals surface area contributed by atoms with Crippen molar-refractivity contribution in [3.8, 4) is 0 Å². The molecule has 2 aromatic rings. The van der Waals surface area contributed by atoms with Crippen LogP contribution in [0.25, 0.3) is 10.5 Å². The van der Waals surface area contributed by atoms with Crippen LogP contribution in [-0.2, 0) is 0 Å². The van der Waals surface area contributed by atoms with Gasteiger partial charge in [-0.2, -0.15) is 9.61 Å². The van der Waals surface area contributed by atoms with Crippen LogP contribution >= 0.6 is 11.3 Å². The van der Waals surface area contributed by atoms with E-state index in [1.807, 2.05) is 0 Å². The van der Waals surface area contributed by atoms with Crippen molar-refractivity contribution in [3.05, 3.63) is 17.4 Å². The first-order valence-electron chi connectivity index (χ1n) is 5.95. The van der Waals surface area contributed by atoms with Gasteiger partial charge in [-0.25, -0.2) is 0 Å². The first-order valence-corrected chi connectivity index (χ1v) is 6.77. The highest BCUT2D eigenvalue weighted by Gasteiger charge is 2.15. The number of nitrogens with zero attached hydrogens (tertiary/aromatic N) is 5. The molecule has 0 saturated heterocycles. The Kier molecular flexibility index (Phi) is 2.90. The van der Waals surface area contributed by atoms with Gasteiger partial charge in [0, 0.05) is 13.1 Å². The largest absolute Gasteiger partial charge is 0.299 e.